The second-order valence-electron chi connectivity index (χ2n) is 7.72. The number of nitrogens with one attached hydrogen (secondary N) is 1. The minimum atomic E-state index is -3.80. The maximum Gasteiger partial charge on any atom is 0.277 e. The maximum atomic E-state index is 13.2. The van der Waals surface area contributed by atoms with Gasteiger partial charge in [-0.1, -0.05) is 61.4 Å². The van der Waals surface area contributed by atoms with Crippen LogP contribution in [0.5, 0.6) is 0 Å². The van der Waals surface area contributed by atoms with Crippen molar-refractivity contribution in [3.8, 4) is 0 Å². The van der Waals surface area contributed by atoms with Crippen LogP contribution in [0.3, 0.4) is 0 Å². The third-order valence-electron chi connectivity index (χ3n) is 5.01. The van der Waals surface area contributed by atoms with E-state index in [1.165, 1.54) is 0 Å². The van der Waals surface area contributed by atoms with E-state index in [1.54, 1.807) is 43.3 Å². The molecular formula is C23H33N2O3S2+. The van der Waals surface area contributed by atoms with E-state index in [0.29, 0.717) is 0 Å². The Bertz CT molecular complexity index is 913. The molecule has 1 amide bonds. The number of unbranched alkanes of at least 4 members (excludes halogenated alkanes) is 1. The number of carbonyl (C=O) groups is 1. The number of benzene rings is 2. The van der Waals surface area contributed by atoms with E-state index < -0.39 is 21.3 Å². The normalized spacial score (nSPS) is 14.7. The van der Waals surface area contributed by atoms with Gasteiger partial charge in [-0.2, -0.15) is 4.72 Å². The highest BCUT2D eigenvalue weighted by molar-refractivity contribution is 7.97. The summed E-state index contributed by atoms with van der Waals surface area (Å²) in [6, 6.07) is 15.5. The van der Waals surface area contributed by atoms with Crippen molar-refractivity contribution in [3.63, 3.8) is 0 Å². The Morgan fingerprint density at radius 3 is 2.20 bits per heavy atom. The summed E-state index contributed by atoms with van der Waals surface area (Å²) in [4.78, 5) is 15.0. The topological polar surface area (TPSA) is 66.5 Å². The Kier molecular flexibility index (Phi) is 8.94. The number of hydrogen-bond acceptors (Lipinski definition) is 3. The zero-order valence-electron chi connectivity index (χ0n) is 18.5. The van der Waals surface area contributed by atoms with Gasteiger partial charge in [0.1, 0.15) is 11.8 Å². The molecule has 2 aromatic rings. The molecule has 5 nitrogen and oxygen atoms in total. The van der Waals surface area contributed by atoms with Crippen LogP contribution >= 0.6 is 0 Å². The maximum absolute atomic E-state index is 13.2. The van der Waals surface area contributed by atoms with Crippen molar-refractivity contribution in [3.05, 3.63) is 65.7 Å². The third kappa shape index (κ3) is 6.33. The highest BCUT2D eigenvalue weighted by atomic mass is 32.2. The molecule has 0 radical (unpaired) electrons. The van der Waals surface area contributed by atoms with E-state index in [9.17, 15) is 13.2 Å². The highest BCUT2D eigenvalue weighted by Gasteiger charge is 2.44. The lowest BCUT2D eigenvalue weighted by atomic mass is 10.0. The average molecular weight is 450 g/mol. The molecule has 0 aliphatic heterocycles. The average Bonchev–Trinajstić information content (AvgIpc) is 2.72. The molecule has 0 bridgehead atoms. The summed E-state index contributed by atoms with van der Waals surface area (Å²) in [6.45, 7) is 4.04. The van der Waals surface area contributed by atoms with Crippen LogP contribution in [0.1, 0.15) is 36.9 Å². The molecule has 0 aliphatic carbocycles. The molecule has 0 aliphatic rings. The molecule has 0 heterocycles. The predicted molar refractivity (Wildman–Crippen MR) is 126 cm³/mol. The van der Waals surface area contributed by atoms with Gasteiger partial charge in [-0.3, -0.25) is 4.79 Å². The summed E-state index contributed by atoms with van der Waals surface area (Å²) < 4.78 is 29.3. The van der Waals surface area contributed by atoms with E-state index in [-0.39, 0.29) is 21.7 Å². The fourth-order valence-corrected chi connectivity index (χ4v) is 6.78. The van der Waals surface area contributed by atoms with Crippen LogP contribution in [0, 0.1) is 6.92 Å². The number of rotatable bonds is 10. The van der Waals surface area contributed by atoms with E-state index >= 15 is 0 Å². The second kappa shape index (κ2) is 11.0. The smallest absolute Gasteiger partial charge is 0.277 e. The summed E-state index contributed by atoms with van der Waals surface area (Å²) >= 11 is 0. The summed E-state index contributed by atoms with van der Waals surface area (Å²) in [5.74, 6) is 0.827. The van der Waals surface area contributed by atoms with E-state index in [2.05, 4.69) is 17.9 Å². The monoisotopic (exact) mass is 449 g/mol. The van der Waals surface area contributed by atoms with Gasteiger partial charge in [0.15, 0.2) is 0 Å². The van der Waals surface area contributed by atoms with Gasteiger partial charge < -0.3 is 4.90 Å². The van der Waals surface area contributed by atoms with Gasteiger partial charge in [0, 0.05) is 14.1 Å². The van der Waals surface area contributed by atoms with Gasteiger partial charge in [0.25, 0.3) is 5.91 Å². The SMILES string of the molecule is CCCC[S+](C)[C@@H](C(=O)N(C)C)[C@H](NS(=O)(=O)c1ccc(C)cc1)c1ccccc1. The Hall–Kier alpha value is -1.83. The van der Waals surface area contributed by atoms with Crippen LogP contribution in [-0.2, 0) is 25.7 Å². The van der Waals surface area contributed by atoms with Crippen LogP contribution in [0.15, 0.2) is 59.5 Å². The van der Waals surface area contributed by atoms with Crippen molar-refractivity contribution in [2.75, 3.05) is 26.1 Å². The molecule has 164 valence electrons. The van der Waals surface area contributed by atoms with Crippen molar-refractivity contribution in [1.29, 1.82) is 0 Å². The molecule has 2 aromatic carbocycles. The zero-order valence-corrected chi connectivity index (χ0v) is 20.1. The van der Waals surface area contributed by atoms with Crippen LogP contribution < -0.4 is 4.72 Å². The molecule has 0 saturated carbocycles. The Morgan fingerprint density at radius 1 is 1.07 bits per heavy atom. The number of nitrogens with zero attached hydrogens (tertiary/aromatic N) is 1. The van der Waals surface area contributed by atoms with Gasteiger partial charge in [0.2, 0.25) is 15.3 Å². The van der Waals surface area contributed by atoms with E-state index in [4.69, 9.17) is 0 Å². The fraction of sp³-hybridized carbons (Fsp3) is 0.435. The summed E-state index contributed by atoms with van der Waals surface area (Å²) in [5, 5.41) is -0.478. The largest absolute Gasteiger partial charge is 0.344 e. The first-order chi connectivity index (χ1) is 14.2. The zero-order chi connectivity index (χ0) is 22.3. The van der Waals surface area contributed by atoms with Gasteiger partial charge in [-0.15, -0.1) is 0 Å². The lowest BCUT2D eigenvalue weighted by Crippen LogP contribution is -2.49. The Morgan fingerprint density at radius 2 is 1.67 bits per heavy atom. The lowest BCUT2D eigenvalue weighted by Gasteiger charge is -2.28. The molecule has 0 saturated heterocycles. The Balaban J connectivity index is 2.51. The molecule has 1 unspecified atom stereocenters. The highest BCUT2D eigenvalue weighted by Crippen LogP contribution is 2.28. The molecular weight excluding hydrogens is 416 g/mol. The molecule has 0 fully saturated rings. The predicted octanol–water partition coefficient (Wildman–Crippen LogP) is 3.52. The minimum Gasteiger partial charge on any atom is -0.344 e. The Labute approximate surface area is 184 Å². The number of carbonyl (C=O) groups excluding carboxylic acids is 1. The first-order valence-electron chi connectivity index (χ1n) is 10.1. The number of hydrogen-bond donors (Lipinski definition) is 1. The van der Waals surface area contributed by atoms with Gasteiger partial charge in [-0.25, -0.2) is 8.42 Å². The molecule has 1 N–H and O–H groups in total. The van der Waals surface area contributed by atoms with Gasteiger partial charge in [0.05, 0.1) is 11.2 Å². The van der Waals surface area contributed by atoms with Gasteiger partial charge >= 0.3 is 0 Å². The quantitative estimate of drug-likeness (QED) is 0.565. The van der Waals surface area contributed by atoms with Crippen molar-refractivity contribution >= 4 is 26.8 Å². The standard InChI is InChI=1S/C23H33N2O3S2/c1-6-7-17-29(5)22(23(26)25(3)4)21(19-11-9-8-10-12-19)24-30(27,28)20-15-13-18(2)14-16-20/h8-16,21-22,24H,6-7,17H2,1-5H3/q+1/t21-,22-,29?/m1/s1. The minimum absolute atomic E-state index is 0.0580. The van der Waals surface area contributed by atoms with Crippen LogP contribution in [0.25, 0.3) is 0 Å². The van der Waals surface area contributed by atoms with E-state index in [1.807, 2.05) is 37.3 Å². The first kappa shape index (κ1) is 24.4. The van der Waals surface area contributed by atoms with Crippen molar-refractivity contribution < 1.29 is 13.2 Å². The van der Waals surface area contributed by atoms with Crippen molar-refractivity contribution in [2.45, 2.75) is 42.9 Å². The van der Waals surface area contributed by atoms with E-state index in [0.717, 1.165) is 29.7 Å². The first-order valence-corrected chi connectivity index (χ1v) is 13.5. The van der Waals surface area contributed by atoms with Crippen LogP contribution in [-0.4, -0.2) is 50.6 Å². The number of aryl methyl sites for hydroxylation is 1. The number of sulfonamides is 1. The molecule has 30 heavy (non-hydrogen) atoms. The molecule has 2 rings (SSSR count). The van der Waals surface area contributed by atoms with Crippen LogP contribution in [0.2, 0.25) is 0 Å². The van der Waals surface area contributed by atoms with Crippen molar-refractivity contribution in [2.24, 2.45) is 0 Å². The summed E-state index contributed by atoms with van der Waals surface area (Å²) in [7, 11) is -0.651. The summed E-state index contributed by atoms with van der Waals surface area (Å²) in [6.07, 6.45) is 4.10. The molecule has 0 spiro atoms. The van der Waals surface area contributed by atoms with Crippen LogP contribution in [0.4, 0.5) is 0 Å². The number of amides is 1. The fourth-order valence-electron chi connectivity index (χ4n) is 3.22. The lowest BCUT2D eigenvalue weighted by molar-refractivity contribution is -0.128. The molecule has 7 heteroatoms. The summed E-state index contributed by atoms with van der Waals surface area (Å²) in [5.41, 5.74) is 1.79. The molecule has 3 atom stereocenters. The van der Waals surface area contributed by atoms with Gasteiger partial charge in [-0.05, 0) is 41.9 Å². The molecule has 0 aromatic heterocycles. The van der Waals surface area contributed by atoms with Crippen molar-refractivity contribution in [1.82, 2.24) is 9.62 Å². The third-order valence-corrected chi connectivity index (χ3v) is 8.74. The second-order valence-corrected chi connectivity index (χ2v) is 11.7.